The molecule has 5 nitrogen and oxygen atoms in total. The summed E-state index contributed by atoms with van der Waals surface area (Å²) in [6.07, 6.45) is 3.05. The molecular weight excluding hydrogens is 718 g/mol. The Bertz CT molecular complexity index is 1750. The molecule has 6 heteroatoms. The normalized spacial score (nSPS) is 19.9. The minimum atomic E-state index is -1.46. The van der Waals surface area contributed by atoms with Crippen LogP contribution in [0.4, 0.5) is 4.39 Å². The van der Waals surface area contributed by atoms with Gasteiger partial charge in [0.1, 0.15) is 16.9 Å². The lowest BCUT2D eigenvalue weighted by molar-refractivity contribution is -0.125. The summed E-state index contributed by atoms with van der Waals surface area (Å²) in [5, 5.41) is 0. The average Bonchev–Trinajstić information content (AvgIpc) is 3.89. The summed E-state index contributed by atoms with van der Waals surface area (Å²) in [4.78, 5) is 32.4. The van der Waals surface area contributed by atoms with E-state index in [1.54, 1.807) is 13.8 Å². The molecule has 1 amide bonds. The lowest BCUT2D eigenvalue weighted by atomic mass is 9.49. The Morgan fingerprint density at radius 3 is 1.28 bits per heavy atom. The maximum absolute atomic E-state index is 17.5. The first-order valence-electron chi connectivity index (χ1n) is 21.6. The van der Waals surface area contributed by atoms with Crippen LogP contribution in [0, 0.1) is 28.1 Å². The Balaban J connectivity index is 1.13. The zero-order valence-electron chi connectivity index (χ0n) is 36.4. The molecule has 3 unspecified atom stereocenters. The summed E-state index contributed by atoms with van der Waals surface area (Å²) in [6.45, 7) is 21.7. The van der Waals surface area contributed by atoms with Crippen LogP contribution in [-0.2, 0) is 20.4 Å². The fraction of sp³-hybridized carbons (Fsp3) is 0.500. The maximum Gasteiger partial charge on any atom is 0.232 e. The van der Waals surface area contributed by atoms with E-state index >= 15 is 4.39 Å². The van der Waals surface area contributed by atoms with E-state index in [0.717, 1.165) is 67.7 Å². The summed E-state index contributed by atoms with van der Waals surface area (Å²) >= 11 is 0. The number of nitrogens with zero attached hydrogens (tertiary/aromatic N) is 2. The van der Waals surface area contributed by atoms with Gasteiger partial charge in [0.15, 0.2) is 0 Å². The molecule has 2 saturated heterocycles. The number of likely N-dealkylation sites (tertiary alicyclic amines) is 2. The van der Waals surface area contributed by atoms with Crippen molar-refractivity contribution < 1.29 is 14.0 Å². The number of carbonyl (C=O) groups is 2. The molecular formula is C52H68FN3O2. The maximum atomic E-state index is 17.5. The number of carbonyl (C=O) groups excluding carboxylic acids is 2. The summed E-state index contributed by atoms with van der Waals surface area (Å²) < 4.78 is 17.5. The monoisotopic (exact) mass is 786 g/mol. The molecule has 2 heterocycles. The van der Waals surface area contributed by atoms with Gasteiger partial charge in [0.25, 0.3) is 0 Å². The van der Waals surface area contributed by atoms with E-state index in [9.17, 15) is 9.59 Å². The molecule has 2 aliphatic heterocycles. The summed E-state index contributed by atoms with van der Waals surface area (Å²) in [7, 11) is 0. The third-order valence-electron chi connectivity index (χ3n) is 16.1. The number of Topliss-reactive ketones (excluding diaryl/α,β-unsaturated/α-hetero) is 1. The topological polar surface area (TPSA) is 66.6 Å². The highest BCUT2D eigenvalue weighted by molar-refractivity contribution is 5.93. The van der Waals surface area contributed by atoms with Crippen molar-refractivity contribution in [2.45, 2.75) is 97.6 Å². The van der Waals surface area contributed by atoms with Crippen LogP contribution in [0.5, 0.6) is 0 Å². The van der Waals surface area contributed by atoms with Gasteiger partial charge >= 0.3 is 0 Å². The smallest absolute Gasteiger partial charge is 0.232 e. The van der Waals surface area contributed by atoms with Gasteiger partial charge in [-0.1, -0.05) is 163 Å². The zero-order valence-corrected chi connectivity index (χ0v) is 36.4. The molecule has 0 aromatic heterocycles. The molecule has 0 spiro atoms. The van der Waals surface area contributed by atoms with Crippen molar-refractivity contribution in [2.24, 2.45) is 33.8 Å². The first kappa shape index (κ1) is 43.4. The third kappa shape index (κ3) is 7.60. The van der Waals surface area contributed by atoms with Gasteiger partial charge in [-0.2, -0.15) is 0 Å². The number of nitrogens with two attached hydrogens (primary N) is 1. The van der Waals surface area contributed by atoms with Crippen molar-refractivity contribution in [3.63, 3.8) is 0 Å². The number of alkyl halides is 1. The lowest BCUT2D eigenvalue weighted by Crippen LogP contribution is -2.55. The Morgan fingerprint density at radius 1 is 0.569 bits per heavy atom. The minimum absolute atomic E-state index is 0.0322. The van der Waals surface area contributed by atoms with Crippen LogP contribution in [0.2, 0.25) is 0 Å². The van der Waals surface area contributed by atoms with Crippen molar-refractivity contribution in [3.8, 4) is 0 Å². The van der Waals surface area contributed by atoms with Crippen molar-refractivity contribution in [1.82, 2.24) is 9.80 Å². The third-order valence-corrected chi connectivity index (χ3v) is 16.1. The highest BCUT2D eigenvalue weighted by atomic mass is 19.1. The van der Waals surface area contributed by atoms with E-state index in [1.165, 1.54) is 0 Å². The van der Waals surface area contributed by atoms with Crippen molar-refractivity contribution in [1.29, 1.82) is 0 Å². The minimum Gasteiger partial charge on any atom is -0.369 e. The Kier molecular flexibility index (Phi) is 12.6. The molecule has 2 N–H and O–H groups in total. The number of hydrogen-bond acceptors (Lipinski definition) is 4. The number of benzene rings is 4. The lowest BCUT2D eigenvalue weighted by Gasteiger charge is -2.57. The molecule has 2 aliphatic rings. The van der Waals surface area contributed by atoms with E-state index in [4.69, 9.17) is 5.73 Å². The predicted molar refractivity (Wildman–Crippen MR) is 236 cm³/mol. The molecule has 58 heavy (non-hydrogen) atoms. The predicted octanol–water partition coefficient (Wildman–Crippen LogP) is 10.3. The number of ketones is 1. The first-order chi connectivity index (χ1) is 27.4. The molecule has 310 valence electrons. The zero-order chi connectivity index (χ0) is 42.0. The largest absolute Gasteiger partial charge is 0.369 e. The summed E-state index contributed by atoms with van der Waals surface area (Å²) in [6, 6.07) is 40.6. The number of hydrogen-bond donors (Lipinski definition) is 1. The SMILES string of the molecule is CC(=O)C(c1ccccc1)(c1ccccc1)C1CCN(CCC(C)(C)C(C)(C)C(C)(C)C(C)(F)CCN2CCC(C(C(N)=O)(c3ccccc3)c3ccccc3)C2)C1. The molecule has 4 aromatic carbocycles. The summed E-state index contributed by atoms with van der Waals surface area (Å²) in [5.41, 5.74) is 5.97. The van der Waals surface area contributed by atoms with E-state index in [1.807, 2.05) is 97.1 Å². The van der Waals surface area contributed by atoms with E-state index in [2.05, 4.69) is 75.6 Å². The number of primary amides is 1. The Labute approximate surface area is 348 Å². The number of amides is 1. The Hall–Kier alpha value is -4.13. The quantitative estimate of drug-likeness (QED) is 0.116. The van der Waals surface area contributed by atoms with Gasteiger partial charge in [-0.25, -0.2) is 4.39 Å². The van der Waals surface area contributed by atoms with Gasteiger partial charge < -0.3 is 15.5 Å². The highest BCUT2D eigenvalue weighted by Gasteiger charge is 2.57. The van der Waals surface area contributed by atoms with Crippen LogP contribution < -0.4 is 5.73 Å². The van der Waals surface area contributed by atoms with Crippen LogP contribution >= 0.6 is 0 Å². The van der Waals surface area contributed by atoms with Crippen LogP contribution in [0.1, 0.15) is 103 Å². The Morgan fingerprint density at radius 2 is 0.914 bits per heavy atom. The number of rotatable bonds is 17. The number of halogens is 1. The molecule has 4 aromatic rings. The van der Waals surface area contributed by atoms with E-state index in [-0.39, 0.29) is 34.4 Å². The van der Waals surface area contributed by atoms with E-state index in [0.29, 0.717) is 19.5 Å². The fourth-order valence-electron chi connectivity index (χ4n) is 11.0. The summed E-state index contributed by atoms with van der Waals surface area (Å²) in [5.74, 6) is -0.0381. The van der Waals surface area contributed by atoms with Crippen LogP contribution in [0.15, 0.2) is 121 Å². The van der Waals surface area contributed by atoms with Crippen molar-refractivity contribution >= 4 is 11.7 Å². The van der Waals surface area contributed by atoms with Gasteiger partial charge in [-0.15, -0.1) is 0 Å². The molecule has 0 saturated carbocycles. The second kappa shape index (κ2) is 16.9. The van der Waals surface area contributed by atoms with E-state index < -0.39 is 21.9 Å². The van der Waals surface area contributed by atoms with Gasteiger partial charge in [0, 0.05) is 25.0 Å². The average molecular weight is 786 g/mol. The molecule has 0 aliphatic carbocycles. The first-order valence-corrected chi connectivity index (χ1v) is 21.6. The second-order valence-electron chi connectivity index (χ2n) is 19.4. The van der Waals surface area contributed by atoms with Crippen molar-refractivity contribution in [3.05, 3.63) is 144 Å². The molecule has 0 bridgehead atoms. The van der Waals surface area contributed by atoms with Crippen molar-refractivity contribution in [2.75, 3.05) is 39.3 Å². The fourth-order valence-corrected chi connectivity index (χ4v) is 11.0. The second-order valence-corrected chi connectivity index (χ2v) is 19.4. The van der Waals surface area contributed by atoms with Crippen LogP contribution in [0.3, 0.4) is 0 Å². The molecule has 6 rings (SSSR count). The molecule has 0 radical (unpaired) electrons. The van der Waals surface area contributed by atoms with Gasteiger partial charge in [0.2, 0.25) is 5.91 Å². The van der Waals surface area contributed by atoms with Gasteiger partial charge in [-0.05, 0) is 104 Å². The van der Waals surface area contributed by atoms with Gasteiger partial charge in [0.05, 0.1) is 5.41 Å². The van der Waals surface area contributed by atoms with Gasteiger partial charge in [-0.3, -0.25) is 9.59 Å². The molecule has 3 atom stereocenters. The van der Waals surface area contributed by atoms with Crippen LogP contribution in [-0.4, -0.2) is 66.4 Å². The highest BCUT2D eigenvalue weighted by Crippen LogP contribution is 2.59. The molecule has 2 fully saturated rings. The van der Waals surface area contributed by atoms with Crippen LogP contribution in [0.25, 0.3) is 0 Å². The standard InChI is InChI=1S/C52H68FN3O2/c1-39(57)51(40-21-13-9-14-22-40,41-23-15-10-16-24-41)44-29-33-55(37-44)35-31-47(2,3)48(4,5)49(6,7)50(8,53)32-36-56-34-30-45(38-56)52(46(54)58,42-25-17-11-18-26-42)43-27-19-12-20-28-43/h9-28,44-45H,29-38H2,1-8H3,(H2,54,58).